The van der Waals surface area contributed by atoms with Gasteiger partial charge in [0.1, 0.15) is 12.3 Å². The van der Waals surface area contributed by atoms with Crippen molar-refractivity contribution in [3.8, 4) is 5.75 Å². The largest absolute Gasteiger partial charge is 0.495 e. The molecule has 0 saturated heterocycles. The van der Waals surface area contributed by atoms with Crippen molar-refractivity contribution in [2.45, 2.75) is 27.3 Å². The molecule has 156 valence electrons. The van der Waals surface area contributed by atoms with Crippen LogP contribution >= 0.6 is 11.6 Å². The third kappa shape index (κ3) is 4.60. The van der Waals surface area contributed by atoms with E-state index in [4.69, 9.17) is 16.3 Å². The van der Waals surface area contributed by atoms with Crippen molar-refractivity contribution in [2.24, 2.45) is 0 Å². The molecule has 2 amide bonds. The van der Waals surface area contributed by atoms with Crippen molar-refractivity contribution in [1.29, 1.82) is 0 Å². The lowest BCUT2D eigenvalue weighted by Gasteiger charge is -2.11. The molecule has 0 aliphatic heterocycles. The Morgan fingerprint density at radius 2 is 1.87 bits per heavy atom. The molecule has 3 aromatic rings. The number of nitrogens with one attached hydrogen (secondary N) is 2. The zero-order valence-corrected chi connectivity index (χ0v) is 17.9. The Balaban J connectivity index is 1.72. The van der Waals surface area contributed by atoms with Gasteiger partial charge in [0.15, 0.2) is 5.69 Å². The van der Waals surface area contributed by atoms with Crippen LogP contribution in [0, 0.1) is 20.8 Å². The number of hydrogen-bond acceptors (Lipinski definition) is 5. The summed E-state index contributed by atoms with van der Waals surface area (Å²) in [6.07, 6.45) is 0. The quantitative estimate of drug-likeness (QED) is 0.624. The van der Waals surface area contributed by atoms with Gasteiger partial charge in [-0.2, -0.15) is 0 Å². The van der Waals surface area contributed by atoms with Crippen LogP contribution in [0.15, 0.2) is 36.4 Å². The molecular weight excluding hydrogens is 406 g/mol. The van der Waals surface area contributed by atoms with Crippen molar-refractivity contribution in [2.75, 3.05) is 17.7 Å². The van der Waals surface area contributed by atoms with Crippen LogP contribution in [0.5, 0.6) is 5.75 Å². The third-order valence-corrected chi connectivity index (χ3v) is 5.01. The van der Waals surface area contributed by atoms with Gasteiger partial charge >= 0.3 is 0 Å². The van der Waals surface area contributed by atoms with Crippen molar-refractivity contribution >= 4 is 34.8 Å². The first-order chi connectivity index (χ1) is 14.3. The summed E-state index contributed by atoms with van der Waals surface area (Å²) in [6.45, 7) is 5.47. The summed E-state index contributed by atoms with van der Waals surface area (Å²) in [6, 6.07) is 10.6. The Kier molecular flexibility index (Phi) is 6.37. The number of aryl methyl sites for hydroxylation is 1. The first-order valence-corrected chi connectivity index (χ1v) is 9.59. The maximum absolute atomic E-state index is 12.7. The van der Waals surface area contributed by atoms with E-state index in [1.54, 1.807) is 25.1 Å². The summed E-state index contributed by atoms with van der Waals surface area (Å²) in [5, 5.41) is 13.9. The smallest absolute Gasteiger partial charge is 0.278 e. The first-order valence-electron chi connectivity index (χ1n) is 9.21. The van der Waals surface area contributed by atoms with E-state index in [1.807, 2.05) is 32.0 Å². The molecule has 9 heteroatoms. The van der Waals surface area contributed by atoms with Crippen LogP contribution in [0.1, 0.15) is 27.3 Å². The summed E-state index contributed by atoms with van der Waals surface area (Å²) in [5.74, 6) is -0.258. The average Bonchev–Trinajstić information content (AvgIpc) is 3.06. The van der Waals surface area contributed by atoms with Gasteiger partial charge in [-0.1, -0.05) is 28.9 Å². The fraction of sp³-hybridized carbons (Fsp3) is 0.238. The number of halogens is 1. The van der Waals surface area contributed by atoms with Gasteiger partial charge in [0.2, 0.25) is 5.91 Å². The van der Waals surface area contributed by atoms with Crippen LogP contribution in [0.2, 0.25) is 5.02 Å². The number of ether oxygens (including phenoxy) is 1. The van der Waals surface area contributed by atoms with Crippen LogP contribution in [0.4, 0.5) is 11.4 Å². The predicted molar refractivity (Wildman–Crippen MR) is 115 cm³/mol. The number of anilines is 2. The van der Waals surface area contributed by atoms with Crippen molar-refractivity contribution in [3.63, 3.8) is 0 Å². The second-order valence-electron chi connectivity index (χ2n) is 6.78. The number of methoxy groups -OCH3 is 1. The van der Waals surface area contributed by atoms with Gasteiger partial charge in [0.25, 0.3) is 5.91 Å². The molecule has 0 unspecified atom stereocenters. The van der Waals surface area contributed by atoms with Gasteiger partial charge in [0, 0.05) is 10.7 Å². The molecule has 30 heavy (non-hydrogen) atoms. The summed E-state index contributed by atoms with van der Waals surface area (Å²) < 4.78 is 6.59. The van der Waals surface area contributed by atoms with Gasteiger partial charge in [-0.3, -0.25) is 9.59 Å². The predicted octanol–water partition coefficient (Wildman–Crippen LogP) is 3.76. The second-order valence-corrected chi connectivity index (χ2v) is 7.21. The maximum Gasteiger partial charge on any atom is 0.278 e. The Morgan fingerprint density at radius 1 is 1.10 bits per heavy atom. The Hall–Kier alpha value is -3.39. The fourth-order valence-corrected chi connectivity index (χ4v) is 3.06. The summed E-state index contributed by atoms with van der Waals surface area (Å²) >= 11 is 5.99. The molecule has 0 radical (unpaired) electrons. The summed E-state index contributed by atoms with van der Waals surface area (Å²) in [5.41, 5.74) is 3.84. The number of rotatable bonds is 6. The molecule has 0 aliphatic rings. The number of benzene rings is 2. The van der Waals surface area contributed by atoms with Crippen LogP contribution in [-0.2, 0) is 11.3 Å². The molecule has 0 spiro atoms. The minimum absolute atomic E-state index is 0.120. The van der Waals surface area contributed by atoms with Gasteiger partial charge < -0.3 is 15.4 Å². The van der Waals surface area contributed by atoms with E-state index in [9.17, 15) is 9.59 Å². The Bertz CT molecular complexity index is 1110. The lowest BCUT2D eigenvalue weighted by Crippen LogP contribution is -2.21. The number of carbonyl (C=O) groups excluding carboxylic acids is 2. The number of hydrogen-bond donors (Lipinski definition) is 2. The summed E-state index contributed by atoms with van der Waals surface area (Å²) in [4.78, 5) is 25.1. The van der Waals surface area contributed by atoms with Crippen LogP contribution in [0.3, 0.4) is 0 Å². The van der Waals surface area contributed by atoms with Gasteiger partial charge in [-0.05, 0) is 56.2 Å². The molecule has 0 aliphatic carbocycles. The zero-order chi connectivity index (χ0) is 21.8. The van der Waals surface area contributed by atoms with Gasteiger partial charge in [-0.15, -0.1) is 5.10 Å². The van der Waals surface area contributed by atoms with E-state index >= 15 is 0 Å². The number of carbonyl (C=O) groups is 2. The highest BCUT2D eigenvalue weighted by molar-refractivity contribution is 6.31. The van der Waals surface area contributed by atoms with E-state index in [0.717, 1.165) is 11.1 Å². The van der Waals surface area contributed by atoms with Crippen LogP contribution in [0.25, 0.3) is 0 Å². The van der Waals surface area contributed by atoms with Crippen molar-refractivity contribution < 1.29 is 14.3 Å². The molecule has 0 fully saturated rings. The second kappa shape index (κ2) is 8.96. The highest BCUT2D eigenvalue weighted by Crippen LogP contribution is 2.27. The SMILES string of the molecule is COc1ccc(Cl)cc1NC(=O)Cn1nnc(C(=O)Nc2cccc(C)c2C)c1C. The molecule has 8 nitrogen and oxygen atoms in total. The van der Waals surface area contributed by atoms with Gasteiger partial charge in [-0.25, -0.2) is 4.68 Å². The van der Waals surface area contributed by atoms with Crippen LogP contribution < -0.4 is 15.4 Å². The maximum atomic E-state index is 12.7. The van der Waals surface area contributed by atoms with Gasteiger partial charge in [0.05, 0.1) is 18.5 Å². The molecule has 0 bridgehead atoms. The van der Waals surface area contributed by atoms with E-state index in [0.29, 0.717) is 27.8 Å². The summed E-state index contributed by atoms with van der Waals surface area (Å²) in [7, 11) is 1.50. The minimum Gasteiger partial charge on any atom is -0.495 e. The molecule has 0 atom stereocenters. The molecule has 2 N–H and O–H groups in total. The van der Waals surface area contributed by atoms with E-state index in [1.165, 1.54) is 11.8 Å². The highest BCUT2D eigenvalue weighted by Gasteiger charge is 2.19. The molecule has 1 heterocycles. The van der Waals surface area contributed by atoms with Crippen molar-refractivity contribution in [1.82, 2.24) is 15.0 Å². The van der Waals surface area contributed by atoms with Crippen LogP contribution in [-0.4, -0.2) is 33.9 Å². The lowest BCUT2D eigenvalue weighted by molar-refractivity contribution is -0.117. The minimum atomic E-state index is -0.385. The van der Waals surface area contributed by atoms with E-state index in [-0.39, 0.29) is 24.1 Å². The van der Waals surface area contributed by atoms with Crippen molar-refractivity contribution in [3.05, 3.63) is 63.9 Å². The topological polar surface area (TPSA) is 98.1 Å². The Labute approximate surface area is 179 Å². The standard InChI is InChI=1S/C21H22ClN5O3/c1-12-6-5-7-16(13(12)2)24-21(29)20-14(3)27(26-25-20)11-19(28)23-17-10-15(22)8-9-18(17)30-4/h5-10H,11H2,1-4H3,(H,23,28)(H,24,29). The first kappa shape index (κ1) is 21.3. The normalized spacial score (nSPS) is 10.6. The molecule has 2 aromatic carbocycles. The number of amides is 2. The van der Waals surface area contributed by atoms with E-state index in [2.05, 4.69) is 20.9 Å². The lowest BCUT2D eigenvalue weighted by atomic mass is 10.1. The Morgan fingerprint density at radius 3 is 2.60 bits per heavy atom. The number of nitrogens with zero attached hydrogens (tertiary/aromatic N) is 3. The highest BCUT2D eigenvalue weighted by atomic mass is 35.5. The molecular formula is C21H22ClN5O3. The fourth-order valence-electron chi connectivity index (χ4n) is 2.89. The monoisotopic (exact) mass is 427 g/mol. The average molecular weight is 428 g/mol. The molecule has 1 aromatic heterocycles. The third-order valence-electron chi connectivity index (χ3n) is 4.78. The molecule has 0 saturated carbocycles. The zero-order valence-electron chi connectivity index (χ0n) is 17.1. The molecule has 3 rings (SSSR count). The number of aromatic nitrogens is 3. The van der Waals surface area contributed by atoms with E-state index < -0.39 is 0 Å².